The molecular formula is C20H25N3O3S. The first-order valence-corrected chi connectivity index (χ1v) is 10.0. The first kappa shape index (κ1) is 19.4. The van der Waals surface area contributed by atoms with Crippen LogP contribution in [0.5, 0.6) is 0 Å². The van der Waals surface area contributed by atoms with Crippen LogP contribution in [0.1, 0.15) is 25.3 Å². The van der Waals surface area contributed by atoms with Gasteiger partial charge in [0.2, 0.25) is 5.91 Å². The van der Waals surface area contributed by atoms with Crippen LogP contribution in [0.15, 0.2) is 41.1 Å². The molecule has 1 aromatic heterocycles. The molecule has 27 heavy (non-hydrogen) atoms. The molecule has 1 aromatic carbocycles. The molecule has 144 valence electrons. The fourth-order valence-corrected chi connectivity index (χ4v) is 3.88. The van der Waals surface area contributed by atoms with Crippen molar-refractivity contribution in [3.63, 3.8) is 0 Å². The molecule has 1 aliphatic rings. The number of carbonyl (C=O) groups excluding carboxylic acids is 2. The van der Waals surface area contributed by atoms with E-state index in [2.05, 4.69) is 5.32 Å². The second-order valence-corrected chi connectivity index (χ2v) is 7.46. The van der Waals surface area contributed by atoms with Gasteiger partial charge in [0.1, 0.15) is 0 Å². The summed E-state index contributed by atoms with van der Waals surface area (Å²) >= 11 is 1.61. The molecule has 1 aliphatic heterocycles. The van der Waals surface area contributed by atoms with Gasteiger partial charge in [-0.3, -0.25) is 4.79 Å². The number of anilines is 2. The van der Waals surface area contributed by atoms with Gasteiger partial charge in [-0.1, -0.05) is 6.07 Å². The van der Waals surface area contributed by atoms with Gasteiger partial charge < -0.3 is 19.9 Å². The second kappa shape index (κ2) is 9.01. The average Bonchev–Trinajstić information content (AvgIpc) is 3.28. The minimum atomic E-state index is -0.184. The molecule has 3 rings (SSSR count). The number of urea groups is 1. The molecule has 1 saturated heterocycles. The van der Waals surface area contributed by atoms with Crippen LogP contribution >= 0.6 is 11.3 Å². The van der Waals surface area contributed by atoms with Gasteiger partial charge in [0.15, 0.2) is 0 Å². The van der Waals surface area contributed by atoms with Crippen molar-refractivity contribution in [3.8, 4) is 0 Å². The van der Waals surface area contributed by atoms with Gasteiger partial charge in [0, 0.05) is 44.0 Å². The fraction of sp³-hybridized carbons (Fsp3) is 0.400. The molecule has 0 unspecified atom stereocenters. The van der Waals surface area contributed by atoms with Gasteiger partial charge in [-0.2, -0.15) is 11.3 Å². The molecule has 0 radical (unpaired) electrons. The van der Waals surface area contributed by atoms with Crippen molar-refractivity contribution in [3.05, 3.63) is 46.7 Å². The van der Waals surface area contributed by atoms with Crippen molar-refractivity contribution in [2.75, 3.05) is 30.5 Å². The van der Waals surface area contributed by atoms with E-state index < -0.39 is 0 Å². The third kappa shape index (κ3) is 4.87. The number of thiophene rings is 1. The number of hydrogen-bond acceptors (Lipinski definition) is 4. The molecule has 1 atom stereocenters. The van der Waals surface area contributed by atoms with Crippen molar-refractivity contribution < 1.29 is 14.3 Å². The van der Waals surface area contributed by atoms with Crippen LogP contribution in [-0.4, -0.2) is 43.1 Å². The molecule has 0 aliphatic carbocycles. The number of benzene rings is 1. The zero-order valence-corrected chi connectivity index (χ0v) is 16.5. The summed E-state index contributed by atoms with van der Waals surface area (Å²) in [6.45, 7) is 3.54. The second-order valence-electron chi connectivity index (χ2n) is 6.68. The van der Waals surface area contributed by atoms with E-state index in [-0.39, 0.29) is 18.0 Å². The normalized spacial score (nSPS) is 16.6. The topological polar surface area (TPSA) is 61.9 Å². The van der Waals surface area contributed by atoms with Gasteiger partial charge in [-0.05, 0) is 53.9 Å². The van der Waals surface area contributed by atoms with Gasteiger partial charge in [-0.15, -0.1) is 0 Å². The Morgan fingerprint density at radius 3 is 2.93 bits per heavy atom. The van der Waals surface area contributed by atoms with E-state index in [1.165, 1.54) is 0 Å². The molecule has 0 bridgehead atoms. The molecule has 0 spiro atoms. The Bertz CT molecular complexity index is 779. The number of nitrogens with one attached hydrogen (secondary N) is 1. The van der Waals surface area contributed by atoms with Crippen molar-refractivity contribution in [2.24, 2.45) is 0 Å². The number of ether oxygens (including phenoxy) is 1. The smallest absolute Gasteiger partial charge is 0.322 e. The summed E-state index contributed by atoms with van der Waals surface area (Å²) in [5, 5.41) is 6.99. The molecule has 0 saturated carbocycles. The molecule has 2 heterocycles. The Labute approximate surface area is 163 Å². The number of methoxy groups -OCH3 is 1. The lowest BCUT2D eigenvalue weighted by molar-refractivity contribution is -0.117. The summed E-state index contributed by atoms with van der Waals surface area (Å²) in [4.78, 5) is 28.5. The zero-order valence-electron chi connectivity index (χ0n) is 15.7. The average molecular weight is 388 g/mol. The SMILES string of the molecule is COCCN(Cc1ccsc1)C(=O)Nc1cccc(N2C(=O)CC[C@H]2C)c1. The van der Waals surface area contributed by atoms with E-state index in [0.29, 0.717) is 31.8 Å². The van der Waals surface area contributed by atoms with Crippen LogP contribution in [0.3, 0.4) is 0 Å². The Kier molecular flexibility index (Phi) is 6.47. The minimum absolute atomic E-state index is 0.130. The quantitative estimate of drug-likeness (QED) is 0.783. The lowest BCUT2D eigenvalue weighted by Gasteiger charge is -2.24. The van der Waals surface area contributed by atoms with Crippen molar-refractivity contribution in [2.45, 2.75) is 32.4 Å². The van der Waals surface area contributed by atoms with Crippen LogP contribution in [0.4, 0.5) is 16.2 Å². The molecule has 1 N–H and O–H groups in total. The summed E-state index contributed by atoms with van der Waals surface area (Å²) in [6.07, 6.45) is 1.43. The molecule has 3 amide bonds. The van der Waals surface area contributed by atoms with Gasteiger partial charge in [-0.25, -0.2) is 4.79 Å². The summed E-state index contributed by atoms with van der Waals surface area (Å²) in [5.41, 5.74) is 2.60. The van der Waals surface area contributed by atoms with E-state index in [4.69, 9.17) is 4.74 Å². The van der Waals surface area contributed by atoms with E-state index >= 15 is 0 Å². The minimum Gasteiger partial charge on any atom is -0.383 e. The standard InChI is InChI=1S/C20H25N3O3S/c1-15-6-7-19(24)23(15)18-5-3-4-17(12-18)21-20(25)22(9-10-26-2)13-16-8-11-27-14-16/h3-5,8,11-12,14-15H,6-7,9-10,13H2,1-2H3,(H,21,25)/t15-/m1/s1. The maximum Gasteiger partial charge on any atom is 0.322 e. The number of rotatable bonds is 7. The molecule has 2 aromatic rings. The van der Waals surface area contributed by atoms with Gasteiger partial charge in [0.25, 0.3) is 0 Å². The largest absolute Gasteiger partial charge is 0.383 e. The van der Waals surface area contributed by atoms with Gasteiger partial charge in [0.05, 0.1) is 6.61 Å². The predicted molar refractivity (Wildman–Crippen MR) is 108 cm³/mol. The highest BCUT2D eigenvalue weighted by Crippen LogP contribution is 2.28. The van der Waals surface area contributed by atoms with E-state index in [0.717, 1.165) is 17.7 Å². The van der Waals surface area contributed by atoms with Crippen LogP contribution in [0, 0.1) is 0 Å². The fourth-order valence-electron chi connectivity index (χ4n) is 3.22. The highest BCUT2D eigenvalue weighted by Gasteiger charge is 2.28. The summed E-state index contributed by atoms with van der Waals surface area (Å²) in [5.74, 6) is 0.130. The highest BCUT2D eigenvalue weighted by molar-refractivity contribution is 7.07. The lowest BCUT2D eigenvalue weighted by Crippen LogP contribution is -2.36. The first-order chi connectivity index (χ1) is 13.1. The van der Waals surface area contributed by atoms with Gasteiger partial charge >= 0.3 is 6.03 Å². The maximum atomic E-state index is 12.8. The number of carbonyl (C=O) groups is 2. The Morgan fingerprint density at radius 2 is 2.26 bits per heavy atom. The van der Waals surface area contributed by atoms with Crippen molar-refractivity contribution in [1.29, 1.82) is 0 Å². The third-order valence-corrected chi connectivity index (χ3v) is 5.40. The molecule has 1 fully saturated rings. The van der Waals surface area contributed by atoms with Crippen LogP contribution in [0.2, 0.25) is 0 Å². The Hall–Kier alpha value is -2.38. The van der Waals surface area contributed by atoms with Crippen LogP contribution < -0.4 is 10.2 Å². The van der Waals surface area contributed by atoms with Crippen LogP contribution in [0.25, 0.3) is 0 Å². The van der Waals surface area contributed by atoms with Crippen molar-refractivity contribution >= 4 is 34.6 Å². The zero-order chi connectivity index (χ0) is 19.2. The predicted octanol–water partition coefficient (Wildman–Crippen LogP) is 3.94. The van der Waals surface area contributed by atoms with Crippen LogP contribution in [-0.2, 0) is 16.1 Å². The van der Waals surface area contributed by atoms with Crippen molar-refractivity contribution in [1.82, 2.24) is 4.90 Å². The molecule has 6 nitrogen and oxygen atoms in total. The molecule has 7 heteroatoms. The number of hydrogen-bond donors (Lipinski definition) is 1. The third-order valence-electron chi connectivity index (χ3n) is 4.67. The summed E-state index contributed by atoms with van der Waals surface area (Å²) < 4.78 is 5.14. The summed E-state index contributed by atoms with van der Waals surface area (Å²) in [6, 6.07) is 9.48. The number of amides is 3. The van der Waals surface area contributed by atoms with E-state index in [1.807, 2.05) is 52.9 Å². The lowest BCUT2D eigenvalue weighted by atomic mass is 10.2. The molecular weight excluding hydrogens is 362 g/mol. The first-order valence-electron chi connectivity index (χ1n) is 9.06. The Morgan fingerprint density at radius 1 is 1.41 bits per heavy atom. The Balaban J connectivity index is 1.71. The number of nitrogens with zero attached hydrogens (tertiary/aromatic N) is 2. The monoisotopic (exact) mass is 387 g/mol. The van der Waals surface area contributed by atoms with E-state index in [1.54, 1.807) is 23.3 Å². The maximum absolute atomic E-state index is 12.8. The highest BCUT2D eigenvalue weighted by atomic mass is 32.1. The summed E-state index contributed by atoms with van der Waals surface area (Å²) in [7, 11) is 1.62. The van der Waals surface area contributed by atoms with E-state index in [9.17, 15) is 9.59 Å².